The van der Waals surface area contributed by atoms with Crippen LogP contribution in [0.25, 0.3) is 10.8 Å². The van der Waals surface area contributed by atoms with Crippen molar-refractivity contribution < 1.29 is 18.7 Å². The first-order chi connectivity index (χ1) is 15.8. The van der Waals surface area contributed by atoms with Crippen molar-refractivity contribution in [3.8, 4) is 5.75 Å². The molecule has 0 aromatic heterocycles. The number of halogens is 2. The Morgan fingerprint density at radius 2 is 1.76 bits per heavy atom. The van der Waals surface area contributed by atoms with Crippen LogP contribution in [0.2, 0.25) is 0 Å². The molecule has 1 atom stereocenters. The minimum Gasteiger partial charge on any atom is -0.483 e. The predicted octanol–water partition coefficient (Wildman–Crippen LogP) is 5.45. The first-order valence-electron chi connectivity index (χ1n) is 10.9. The van der Waals surface area contributed by atoms with Crippen LogP contribution in [0.15, 0.2) is 65.1 Å². The maximum absolute atomic E-state index is 13.4. The number of carbonyl (C=O) groups is 2. The van der Waals surface area contributed by atoms with Crippen molar-refractivity contribution in [3.05, 3.63) is 76.5 Å². The van der Waals surface area contributed by atoms with Crippen LogP contribution in [0.3, 0.4) is 0 Å². The van der Waals surface area contributed by atoms with E-state index in [1.165, 1.54) is 17.0 Å². The van der Waals surface area contributed by atoms with E-state index in [-0.39, 0.29) is 36.8 Å². The Hall–Kier alpha value is -2.93. The minimum atomic E-state index is -0.673. The second kappa shape index (κ2) is 11.3. The topological polar surface area (TPSA) is 58.6 Å². The summed E-state index contributed by atoms with van der Waals surface area (Å²) < 4.78 is 20.0. The van der Waals surface area contributed by atoms with E-state index in [0.29, 0.717) is 12.2 Å². The van der Waals surface area contributed by atoms with E-state index in [9.17, 15) is 14.0 Å². The largest absolute Gasteiger partial charge is 0.483 e. The van der Waals surface area contributed by atoms with Crippen molar-refractivity contribution in [2.45, 2.75) is 45.8 Å². The molecular formula is C26H28BrFN2O3. The highest BCUT2D eigenvalue weighted by Gasteiger charge is 2.29. The fraction of sp³-hybridized carbons (Fsp3) is 0.308. The zero-order valence-corrected chi connectivity index (χ0v) is 20.6. The maximum atomic E-state index is 13.4. The van der Waals surface area contributed by atoms with E-state index < -0.39 is 6.04 Å². The number of carbonyl (C=O) groups excluding carboxylic acids is 2. The Kier molecular flexibility index (Phi) is 8.44. The van der Waals surface area contributed by atoms with Gasteiger partial charge in [-0.1, -0.05) is 49.4 Å². The fourth-order valence-corrected chi connectivity index (χ4v) is 4.24. The van der Waals surface area contributed by atoms with Gasteiger partial charge in [-0.25, -0.2) is 4.39 Å². The van der Waals surface area contributed by atoms with Gasteiger partial charge < -0.3 is 15.0 Å². The predicted molar refractivity (Wildman–Crippen MR) is 131 cm³/mol. The van der Waals surface area contributed by atoms with Gasteiger partial charge in [-0.3, -0.25) is 9.59 Å². The van der Waals surface area contributed by atoms with Crippen molar-refractivity contribution in [2.75, 3.05) is 6.61 Å². The molecule has 0 aliphatic carbocycles. The summed E-state index contributed by atoms with van der Waals surface area (Å²) in [6.45, 7) is 5.54. The number of nitrogens with one attached hydrogen (secondary N) is 1. The molecule has 0 radical (unpaired) electrons. The van der Waals surface area contributed by atoms with E-state index in [0.717, 1.165) is 20.8 Å². The minimum absolute atomic E-state index is 0.0564. The van der Waals surface area contributed by atoms with Gasteiger partial charge in [0, 0.05) is 12.6 Å². The number of rotatable bonds is 9. The lowest BCUT2D eigenvalue weighted by Crippen LogP contribution is -2.51. The van der Waals surface area contributed by atoms with Crippen molar-refractivity contribution >= 4 is 38.5 Å². The summed E-state index contributed by atoms with van der Waals surface area (Å²) in [4.78, 5) is 27.6. The molecule has 0 spiro atoms. The number of ether oxygens (including phenoxy) is 1. The number of amides is 2. The zero-order chi connectivity index (χ0) is 24.0. The molecule has 0 aliphatic rings. The summed E-state index contributed by atoms with van der Waals surface area (Å²) in [5.41, 5.74) is 0.729. The molecule has 0 heterocycles. The molecule has 0 aliphatic heterocycles. The molecule has 3 rings (SSSR count). The van der Waals surface area contributed by atoms with Crippen LogP contribution >= 0.6 is 15.9 Å². The molecule has 1 N–H and O–H groups in total. The molecule has 33 heavy (non-hydrogen) atoms. The second-order valence-electron chi connectivity index (χ2n) is 8.12. The van der Waals surface area contributed by atoms with Gasteiger partial charge in [0.1, 0.15) is 17.6 Å². The smallest absolute Gasteiger partial charge is 0.261 e. The molecule has 0 saturated carbocycles. The van der Waals surface area contributed by atoms with E-state index >= 15 is 0 Å². The lowest BCUT2D eigenvalue weighted by atomic mass is 10.1. The van der Waals surface area contributed by atoms with Crippen molar-refractivity contribution in [3.63, 3.8) is 0 Å². The molecule has 0 bridgehead atoms. The molecule has 3 aromatic carbocycles. The van der Waals surface area contributed by atoms with Crippen LogP contribution in [-0.2, 0) is 16.1 Å². The molecule has 0 saturated heterocycles. The molecule has 0 fully saturated rings. The van der Waals surface area contributed by atoms with Gasteiger partial charge in [0.25, 0.3) is 5.91 Å². The Morgan fingerprint density at radius 1 is 1.06 bits per heavy atom. The van der Waals surface area contributed by atoms with Gasteiger partial charge in [-0.15, -0.1) is 0 Å². The Labute approximate surface area is 202 Å². The van der Waals surface area contributed by atoms with Gasteiger partial charge in [0.15, 0.2) is 6.61 Å². The monoisotopic (exact) mass is 514 g/mol. The van der Waals surface area contributed by atoms with Gasteiger partial charge in [-0.05, 0) is 70.7 Å². The number of benzene rings is 3. The van der Waals surface area contributed by atoms with Crippen LogP contribution in [0.5, 0.6) is 5.75 Å². The van der Waals surface area contributed by atoms with Gasteiger partial charge >= 0.3 is 0 Å². The normalized spacial score (nSPS) is 11.9. The van der Waals surface area contributed by atoms with Crippen LogP contribution in [0.4, 0.5) is 4.39 Å². The third kappa shape index (κ3) is 6.32. The average molecular weight is 515 g/mol. The molecular weight excluding hydrogens is 487 g/mol. The lowest BCUT2D eigenvalue weighted by molar-refractivity contribution is -0.143. The summed E-state index contributed by atoms with van der Waals surface area (Å²) in [5.74, 6) is -0.367. The van der Waals surface area contributed by atoms with E-state index in [2.05, 4.69) is 21.2 Å². The Morgan fingerprint density at radius 3 is 2.42 bits per heavy atom. The lowest BCUT2D eigenvalue weighted by Gasteiger charge is -2.31. The molecule has 0 unspecified atom stereocenters. The van der Waals surface area contributed by atoms with E-state index in [1.54, 1.807) is 12.1 Å². The maximum Gasteiger partial charge on any atom is 0.261 e. The fourth-order valence-electron chi connectivity index (χ4n) is 3.63. The Balaban J connectivity index is 1.82. The van der Waals surface area contributed by atoms with Crippen molar-refractivity contribution in [1.29, 1.82) is 0 Å². The number of hydrogen-bond donors (Lipinski definition) is 1. The molecule has 2 amide bonds. The number of hydrogen-bond acceptors (Lipinski definition) is 3. The van der Waals surface area contributed by atoms with Gasteiger partial charge in [0.2, 0.25) is 5.91 Å². The highest BCUT2D eigenvalue weighted by Crippen LogP contribution is 2.33. The second-order valence-corrected chi connectivity index (χ2v) is 8.92. The SMILES string of the molecule is CC[C@H](C(=O)NC(C)C)N(Cc1ccc(F)cc1)C(=O)COc1ccc2ccccc2c1Br. The first-order valence-corrected chi connectivity index (χ1v) is 11.7. The van der Waals surface area contributed by atoms with Crippen LogP contribution in [-0.4, -0.2) is 35.4 Å². The summed E-state index contributed by atoms with van der Waals surface area (Å²) in [5, 5.41) is 4.92. The standard InChI is InChI=1S/C26H28BrFN2O3/c1-4-22(26(32)29-17(2)3)30(15-18-9-12-20(28)13-10-18)24(31)16-33-23-14-11-19-7-5-6-8-21(19)25(23)27/h5-14,17,22H,4,15-16H2,1-3H3,(H,29,32)/t22-/m1/s1. The molecule has 174 valence electrons. The average Bonchev–Trinajstić information content (AvgIpc) is 2.79. The van der Waals surface area contributed by atoms with Crippen LogP contribution < -0.4 is 10.1 Å². The Bertz CT molecular complexity index is 1120. The van der Waals surface area contributed by atoms with E-state index in [1.807, 2.05) is 57.2 Å². The summed E-state index contributed by atoms with van der Waals surface area (Å²) in [6.07, 6.45) is 0.436. The third-order valence-electron chi connectivity index (χ3n) is 5.26. The number of nitrogens with zero attached hydrogens (tertiary/aromatic N) is 1. The highest BCUT2D eigenvalue weighted by molar-refractivity contribution is 9.10. The molecule has 5 nitrogen and oxygen atoms in total. The van der Waals surface area contributed by atoms with Gasteiger partial charge in [0.05, 0.1) is 4.47 Å². The third-order valence-corrected chi connectivity index (χ3v) is 6.08. The molecule has 3 aromatic rings. The van der Waals surface area contributed by atoms with Crippen LogP contribution in [0, 0.1) is 5.82 Å². The summed E-state index contributed by atoms with van der Waals surface area (Å²) >= 11 is 3.57. The zero-order valence-electron chi connectivity index (χ0n) is 19.0. The summed E-state index contributed by atoms with van der Waals surface area (Å²) in [6, 6.07) is 16.8. The molecule has 7 heteroatoms. The highest BCUT2D eigenvalue weighted by atomic mass is 79.9. The van der Waals surface area contributed by atoms with Crippen molar-refractivity contribution in [1.82, 2.24) is 10.2 Å². The van der Waals surface area contributed by atoms with Crippen molar-refractivity contribution in [2.24, 2.45) is 0 Å². The van der Waals surface area contributed by atoms with E-state index in [4.69, 9.17) is 4.74 Å². The number of fused-ring (bicyclic) bond motifs is 1. The first kappa shape index (κ1) is 24.7. The quantitative estimate of drug-likeness (QED) is 0.412. The van der Waals surface area contributed by atoms with Crippen LogP contribution in [0.1, 0.15) is 32.8 Å². The van der Waals surface area contributed by atoms with Gasteiger partial charge in [-0.2, -0.15) is 0 Å². The summed E-state index contributed by atoms with van der Waals surface area (Å²) in [7, 11) is 0.